The number of carbonyl (C=O) groups is 2. The predicted molar refractivity (Wildman–Crippen MR) is 110 cm³/mol. The Morgan fingerprint density at radius 2 is 1.66 bits per heavy atom. The maximum atomic E-state index is 13.2. The second-order valence-electron chi connectivity index (χ2n) is 8.07. The molecule has 0 spiro atoms. The lowest BCUT2D eigenvalue weighted by Gasteiger charge is -2.32. The van der Waals surface area contributed by atoms with Gasteiger partial charge in [-0.2, -0.15) is 0 Å². The Kier molecular flexibility index (Phi) is 5.97. The number of aryl methyl sites for hydroxylation is 1. The first-order chi connectivity index (χ1) is 14.0. The highest BCUT2D eigenvalue weighted by molar-refractivity contribution is 6.30. The van der Waals surface area contributed by atoms with Gasteiger partial charge < -0.3 is 4.90 Å². The van der Waals surface area contributed by atoms with Gasteiger partial charge in [-0.15, -0.1) is 0 Å². The molecular weight excluding hydrogens is 391 g/mol. The number of carbonyl (C=O) groups excluding carboxylic acids is 2. The summed E-state index contributed by atoms with van der Waals surface area (Å²) in [5.41, 5.74) is 1.76. The Morgan fingerprint density at radius 3 is 2.31 bits per heavy atom. The zero-order valence-electron chi connectivity index (χ0n) is 16.2. The molecule has 2 saturated heterocycles. The Labute approximate surface area is 175 Å². The van der Waals surface area contributed by atoms with Crippen LogP contribution in [0.4, 0.5) is 10.1 Å². The number of piperidine rings is 1. The summed E-state index contributed by atoms with van der Waals surface area (Å²) in [6, 6.07) is 13.2. The Morgan fingerprint density at radius 1 is 1.00 bits per heavy atom. The number of likely N-dealkylation sites (tertiary alicyclic amines) is 1. The van der Waals surface area contributed by atoms with Crippen molar-refractivity contribution in [2.24, 2.45) is 5.92 Å². The fourth-order valence-electron chi connectivity index (χ4n) is 4.52. The van der Waals surface area contributed by atoms with Crippen molar-refractivity contribution < 1.29 is 18.9 Å². The van der Waals surface area contributed by atoms with E-state index in [9.17, 15) is 14.0 Å². The predicted octanol–water partition coefficient (Wildman–Crippen LogP) is 3.04. The van der Waals surface area contributed by atoms with Gasteiger partial charge in [0.2, 0.25) is 5.91 Å². The number of hydrogen-bond donors (Lipinski definition) is 1. The summed E-state index contributed by atoms with van der Waals surface area (Å²) in [5.74, 6) is -0.0780. The summed E-state index contributed by atoms with van der Waals surface area (Å²) >= 11 is 5.94. The molecule has 2 aliphatic rings. The zero-order valence-corrected chi connectivity index (χ0v) is 17.0. The maximum Gasteiger partial charge on any atom is 0.292 e. The van der Waals surface area contributed by atoms with Gasteiger partial charge in [-0.3, -0.25) is 9.59 Å². The van der Waals surface area contributed by atoms with Crippen LogP contribution in [-0.4, -0.2) is 30.9 Å². The molecule has 6 heteroatoms. The van der Waals surface area contributed by atoms with Crippen LogP contribution in [0.25, 0.3) is 0 Å². The van der Waals surface area contributed by atoms with E-state index in [1.165, 1.54) is 39.6 Å². The molecule has 0 bridgehead atoms. The molecule has 29 heavy (non-hydrogen) atoms. The zero-order chi connectivity index (χ0) is 20.4. The normalized spacial score (nSPS) is 24.9. The van der Waals surface area contributed by atoms with Gasteiger partial charge in [-0.05, 0) is 73.6 Å². The van der Waals surface area contributed by atoms with E-state index in [1.807, 2.05) is 12.1 Å². The number of imide groups is 1. The van der Waals surface area contributed by atoms with E-state index in [1.54, 1.807) is 0 Å². The Bertz CT molecular complexity index is 877. The van der Waals surface area contributed by atoms with Crippen molar-refractivity contribution in [3.63, 3.8) is 0 Å². The van der Waals surface area contributed by atoms with Crippen LogP contribution >= 0.6 is 11.6 Å². The number of nitrogens with one attached hydrogen (secondary N) is 1. The number of anilines is 1. The van der Waals surface area contributed by atoms with Gasteiger partial charge in [0.15, 0.2) is 6.04 Å². The molecule has 2 aromatic rings. The van der Waals surface area contributed by atoms with Crippen molar-refractivity contribution in [2.45, 2.75) is 38.1 Å². The second-order valence-corrected chi connectivity index (χ2v) is 8.50. The molecule has 2 fully saturated rings. The van der Waals surface area contributed by atoms with Gasteiger partial charge in [0, 0.05) is 5.02 Å². The molecule has 4 rings (SSSR count). The van der Waals surface area contributed by atoms with E-state index in [4.69, 9.17) is 11.6 Å². The van der Waals surface area contributed by atoms with E-state index < -0.39 is 0 Å². The van der Waals surface area contributed by atoms with Crippen LogP contribution in [0.5, 0.6) is 0 Å². The molecule has 1 atom stereocenters. The van der Waals surface area contributed by atoms with Gasteiger partial charge in [0.1, 0.15) is 5.82 Å². The van der Waals surface area contributed by atoms with Crippen molar-refractivity contribution in [2.75, 3.05) is 18.0 Å². The van der Waals surface area contributed by atoms with E-state index in [2.05, 4.69) is 12.1 Å². The quantitative estimate of drug-likeness (QED) is 0.763. The molecule has 1 N–H and O–H groups in total. The van der Waals surface area contributed by atoms with Crippen LogP contribution in [0.15, 0.2) is 48.5 Å². The molecule has 0 radical (unpaired) electrons. The minimum Gasteiger partial charge on any atom is -0.324 e. The van der Waals surface area contributed by atoms with E-state index >= 15 is 0 Å². The molecule has 0 aliphatic carbocycles. The standard InChI is InChI=1S/C23H24ClFN2O2/c24-18-5-3-16(4-6-18)1-2-17-11-13-26(14-12-17)21-15-22(28)27(23(21)29)20-9-7-19(25)8-10-20/h3-10,17,21H,1-2,11-15H2/p+1/t21-/m0/s1. The SMILES string of the molecule is O=C1C[C@H]([NH+]2CCC(CCc3ccc(Cl)cc3)CC2)C(=O)N1c1ccc(F)cc1. The lowest BCUT2D eigenvalue weighted by atomic mass is 9.90. The average molecular weight is 416 g/mol. The number of nitrogens with zero attached hydrogens (tertiary/aromatic N) is 1. The summed E-state index contributed by atoms with van der Waals surface area (Å²) in [4.78, 5) is 27.8. The van der Waals surface area contributed by atoms with Gasteiger partial charge in [-0.1, -0.05) is 23.7 Å². The minimum atomic E-state index is -0.379. The van der Waals surface area contributed by atoms with Gasteiger partial charge in [0.05, 0.1) is 25.2 Å². The van der Waals surface area contributed by atoms with Crippen LogP contribution in [-0.2, 0) is 16.0 Å². The third-order valence-electron chi connectivity index (χ3n) is 6.23. The van der Waals surface area contributed by atoms with Crippen molar-refractivity contribution in [1.29, 1.82) is 0 Å². The Hall–Kier alpha value is -2.24. The first-order valence-electron chi connectivity index (χ1n) is 10.2. The fraction of sp³-hybridized carbons (Fsp3) is 0.391. The number of hydrogen-bond acceptors (Lipinski definition) is 2. The van der Waals surface area contributed by atoms with Crippen LogP contribution in [0.1, 0.15) is 31.2 Å². The molecule has 2 heterocycles. The molecule has 2 aromatic carbocycles. The van der Waals surface area contributed by atoms with Crippen LogP contribution in [0.2, 0.25) is 5.02 Å². The molecule has 2 aliphatic heterocycles. The molecule has 152 valence electrons. The highest BCUT2D eigenvalue weighted by Gasteiger charge is 2.46. The highest BCUT2D eigenvalue weighted by atomic mass is 35.5. The third-order valence-corrected chi connectivity index (χ3v) is 6.48. The molecule has 4 nitrogen and oxygen atoms in total. The van der Waals surface area contributed by atoms with Gasteiger partial charge >= 0.3 is 0 Å². The van der Waals surface area contributed by atoms with Crippen LogP contribution in [0, 0.1) is 11.7 Å². The van der Waals surface area contributed by atoms with Crippen molar-refractivity contribution in [1.82, 2.24) is 0 Å². The second kappa shape index (κ2) is 8.64. The first-order valence-corrected chi connectivity index (χ1v) is 10.6. The average Bonchev–Trinajstić information content (AvgIpc) is 3.03. The molecule has 2 amide bonds. The first kappa shape index (κ1) is 20.0. The van der Waals surface area contributed by atoms with E-state index in [0.717, 1.165) is 43.8 Å². The maximum absolute atomic E-state index is 13.2. The molecule has 0 aromatic heterocycles. The van der Waals surface area contributed by atoms with Crippen molar-refractivity contribution >= 4 is 29.1 Å². The smallest absolute Gasteiger partial charge is 0.292 e. The van der Waals surface area contributed by atoms with Crippen LogP contribution < -0.4 is 9.80 Å². The van der Waals surface area contributed by atoms with Crippen LogP contribution in [0.3, 0.4) is 0 Å². The largest absolute Gasteiger partial charge is 0.324 e. The minimum absolute atomic E-state index is 0.156. The van der Waals surface area contributed by atoms with Crippen molar-refractivity contribution in [3.05, 3.63) is 64.9 Å². The fourth-order valence-corrected chi connectivity index (χ4v) is 4.65. The summed E-state index contributed by atoms with van der Waals surface area (Å²) < 4.78 is 13.2. The molecular formula is C23H25ClFN2O2+. The monoisotopic (exact) mass is 415 g/mol. The number of rotatable bonds is 5. The summed E-state index contributed by atoms with van der Waals surface area (Å²) in [7, 11) is 0. The van der Waals surface area contributed by atoms with E-state index in [0.29, 0.717) is 11.6 Å². The summed E-state index contributed by atoms with van der Waals surface area (Å²) in [5, 5.41) is 0.760. The summed E-state index contributed by atoms with van der Waals surface area (Å²) in [6.07, 6.45) is 4.54. The molecule has 0 saturated carbocycles. The molecule has 0 unspecified atom stereocenters. The number of benzene rings is 2. The van der Waals surface area contributed by atoms with Gasteiger partial charge in [-0.25, -0.2) is 9.29 Å². The lowest BCUT2D eigenvalue weighted by molar-refractivity contribution is -0.920. The lowest BCUT2D eigenvalue weighted by Crippen LogP contribution is -3.17. The number of halogens is 2. The van der Waals surface area contributed by atoms with Gasteiger partial charge in [0.25, 0.3) is 5.91 Å². The van der Waals surface area contributed by atoms with Crippen molar-refractivity contribution in [3.8, 4) is 0 Å². The Balaban J connectivity index is 1.31. The number of quaternary nitrogens is 1. The highest BCUT2D eigenvalue weighted by Crippen LogP contribution is 2.24. The third kappa shape index (κ3) is 4.51. The topological polar surface area (TPSA) is 41.8 Å². The van der Waals surface area contributed by atoms with E-state index in [-0.39, 0.29) is 30.1 Å². The summed E-state index contributed by atoms with van der Waals surface area (Å²) in [6.45, 7) is 1.82. The number of amides is 2.